The summed E-state index contributed by atoms with van der Waals surface area (Å²) in [6.07, 6.45) is 1.69. The van der Waals surface area contributed by atoms with Crippen LogP contribution >= 0.6 is 0 Å². The van der Waals surface area contributed by atoms with E-state index in [1.807, 2.05) is 4.90 Å². The molecule has 1 aliphatic heterocycles. The molecule has 1 fully saturated rings. The van der Waals surface area contributed by atoms with Gasteiger partial charge in [-0.15, -0.1) is 0 Å². The standard InChI is InChI=1S/C18H25FN2O4/c1-13(25-16-7-3-5-14(19)11-16)18(24)21-9-4-6-15(8-10-21)20(2)12-17(22)23/h3,5,7,11,13,15H,4,6,8-10,12H2,1-2H3,(H,22,23). The number of halogens is 1. The third-order valence-corrected chi connectivity index (χ3v) is 4.47. The molecule has 1 aliphatic rings. The summed E-state index contributed by atoms with van der Waals surface area (Å²) in [4.78, 5) is 27.0. The number of nitrogens with zero attached hydrogens (tertiary/aromatic N) is 2. The lowest BCUT2D eigenvalue weighted by Gasteiger charge is -2.26. The van der Waals surface area contributed by atoms with E-state index in [1.54, 1.807) is 24.9 Å². The second-order valence-electron chi connectivity index (χ2n) is 6.44. The van der Waals surface area contributed by atoms with Gasteiger partial charge in [0.2, 0.25) is 0 Å². The lowest BCUT2D eigenvalue weighted by molar-refractivity contribution is -0.139. The van der Waals surface area contributed by atoms with Crippen molar-refractivity contribution < 1.29 is 23.8 Å². The van der Waals surface area contributed by atoms with E-state index in [0.29, 0.717) is 18.8 Å². The van der Waals surface area contributed by atoms with E-state index in [1.165, 1.54) is 18.2 Å². The van der Waals surface area contributed by atoms with Crippen molar-refractivity contribution in [2.45, 2.75) is 38.3 Å². The first kappa shape index (κ1) is 19.2. The average Bonchev–Trinajstić information content (AvgIpc) is 2.79. The van der Waals surface area contributed by atoms with Gasteiger partial charge in [-0.25, -0.2) is 4.39 Å². The molecular formula is C18H25FN2O4. The van der Waals surface area contributed by atoms with Gasteiger partial charge in [-0.2, -0.15) is 0 Å². The topological polar surface area (TPSA) is 70.1 Å². The Hall–Kier alpha value is -2.15. The molecule has 1 aromatic carbocycles. The molecule has 1 saturated heterocycles. The molecule has 2 unspecified atom stereocenters. The highest BCUT2D eigenvalue weighted by Gasteiger charge is 2.27. The van der Waals surface area contributed by atoms with Crippen LogP contribution < -0.4 is 4.74 Å². The summed E-state index contributed by atoms with van der Waals surface area (Å²) in [6.45, 7) is 2.83. The molecule has 2 rings (SSSR count). The number of rotatable bonds is 6. The number of hydrogen-bond acceptors (Lipinski definition) is 4. The lowest BCUT2D eigenvalue weighted by atomic mass is 10.1. The first-order chi connectivity index (χ1) is 11.9. The summed E-state index contributed by atoms with van der Waals surface area (Å²) in [5, 5.41) is 8.91. The Morgan fingerprint density at radius 2 is 2.16 bits per heavy atom. The number of likely N-dealkylation sites (tertiary alicyclic amines) is 1. The van der Waals surface area contributed by atoms with Crippen LogP contribution in [0.1, 0.15) is 26.2 Å². The molecule has 7 heteroatoms. The van der Waals surface area contributed by atoms with Gasteiger partial charge >= 0.3 is 5.97 Å². The van der Waals surface area contributed by atoms with Gasteiger partial charge in [0.1, 0.15) is 11.6 Å². The van der Waals surface area contributed by atoms with Crippen molar-refractivity contribution in [3.05, 3.63) is 30.1 Å². The van der Waals surface area contributed by atoms with Crippen molar-refractivity contribution in [1.29, 1.82) is 0 Å². The summed E-state index contributed by atoms with van der Waals surface area (Å²) in [7, 11) is 1.80. The SMILES string of the molecule is CC(Oc1cccc(F)c1)C(=O)N1CCCC(N(C)CC(=O)O)CC1. The van der Waals surface area contributed by atoms with Crippen molar-refractivity contribution in [3.8, 4) is 5.75 Å². The van der Waals surface area contributed by atoms with Crippen molar-refractivity contribution in [3.63, 3.8) is 0 Å². The van der Waals surface area contributed by atoms with E-state index in [2.05, 4.69) is 0 Å². The molecule has 2 atom stereocenters. The molecule has 6 nitrogen and oxygen atoms in total. The largest absolute Gasteiger partial charge is 0.481 e. The normalized spacial score (nSPS) is 19.4. The summed E-state index contributed by atoms with van der Waals surface area (Å²) >= 11 is 0. The molecule has 1 N–H and O–H groups in total. The monoisotopic (exact) mass is 352 g/mol. The van der Waals surface area contributed by atoms with Crippen LogP contribution in [0, 0.1) is 5.82 Å². The van der Waals surface area contributed by atoms with E-state index in [-0.39, 0.29) is 18.5 Å². The fraction of sp³-hybridized carbons (Fsp3) is 0.556. The van der Waals surface area contributed by atoms with Gasteiger partial charge in [0.15, 0.2) is 6.10 Å². The summed E-state index contributed by atoms with van der Waals surface area (Å²) in [6, 6.07) is 5.88. The number of benzene rings is 1. The molecule has 0 aliphatic carbocycles. The molecule has 0 saturated carbocycles. The molecule has 138 valence electrons. The van der Waals surface area contributed by atoms with Crippen molar-refractivity contribution in [2.75, 3.05) is 26.7 Å². The number of carbonyl (C=O) groups excluding carboxylic acids is 1. The van der Waals surface area contributed by atoms with E-state index in [0.717, 1.165) is 19.3 Å². The Morgan fingerprint density at radius 1 is 1.40 bits per heavy atom. The highest BCUT2D eigenvalue weighted by atomic mass is 19.1. The Morgan fingerprint density at radius 3 is 2.84 bits per heavy atom. The number of hydrogen-bond donors (Lipinski definition) is 1. The number of amides is 1. The molecular weight excluding hydrogens is 327 g/mol. The molecule has 0 bridgehead atoms. The van der Waals surface area contributed by atoms with Crippen LogP contribution in [0.2, 0.25) is 0 Å². The second-order valence-corrected chi connectivity index (χ2v) is 6.44. The van der Waals surface area contributed by atoms with E-state index in [4.69, 9.17) is 9.84 Å². The third-order valence-electron chi connectivity index (χ3n) is 4.47. The molecule has 0 radical (unpaired) electrons. The van der Waals surface area contributed by atoms with E-state index >= 15 is 0 Å². The zero-order chi connectivity index (χ0) is 18.4. The maximum atomic E-state index is 13.2. The number of likely N-dealkylation sites (N-methyl/N-ethyl adjacent to an activating group) is 1. The van der Waals surface area contributed by atoms with Crippen molar-refractivity contribution >= 4 is 11.9 Å². The number of aliphatic carboxylic acids is 1. The molecule has 1 amide bonds. The fourth-order valence-electron chi connectivity index (χ4n) is 3.13. The number of carboxylic acid groups (broad SMARTS) is 1. The fourth-order valence-corrected chi connectivity index (χ4v) is 3.13. The quantitative estimate of drug-likeness (QED) is 0.848. The summed E-state index contributed by atoms with van der Waals surface area (Å²) < 4.78 is 18.8. The van der Waals surface area contributed by atoms with E-state index in [9.17, 15) is 14.0 Å². The lowest BCUT2D eigenvalue weighted by Crippen LogP contribution is -2.42. The predicted octanol–water partition coefficient (Wildman–Crippen LogP) is 1.99. The Kier molecular flexibility index (Phi) is 6.75. The van der Waals surface area contributed by atoms with Crippen LogP contribution in [0.25, 0.3) is 0 Å². The van der Waals surface area contributed by atoms with Crippen LogP contribution in [0.4, 0.5) is 4.39 Å². The minimum Gasteiger partial charge on any atom is -0.481 e. The van der Waals surface area contributed by atoms with Crippen molar-refractivity contribution in [1.82, 2.24) is 9.80 Å². The minimum absolute atomic E-state index is 0.00228. The van der Waals surface area contributed by atoms with E-state index < -0.39 is 17.9 Å². The maximum Gasteiger partial charge on any atom is 0.317 e. The van der Waals surface area contributed by atoms with Crippen LogP contribution in [0.5, 0.6) is 5.75 Å². The second kappa shape index (κ2) is 8.80. The van der Waals surface area contributed by atoms with Crippen LogP contribution in [0.15, 0.2) is 24.3 Å². The third kappa shape index (κ3) is 5.70. The molecule has 25 heavy (non-hydrogen) atoms. The van der Waals surface area contributed by atoms with Gasteiger partial charge in [-0.05, 0) is 45.4 Å². The van der Waals surface area contributed by atoms with Gasteiger partial charge in [0, 0.05) is 25.2 Å². The zero-order valence-corrected chi connectivity index (χ0v) is 14.7. The maximum absolute atomic E-state index is 13.2. The van der Waals surface area contributed by atoms with Gasteiger partial charge in [0.25, 0.3) is 5.91 Å². The van der Waals surface area contributed by atoms with Crippen molar-refractivity contribution in [2.24, 2.45) is 0 Å². The number of carboxylic acids is 1. The van der Waals surface area contributed by atoms with Crippen LogP contribution in [-0.4, -0.2) is 65.6 Å². The Labute approximate surface area is 147 Å². The summed E-state index contributed by atoms with van der Waals surface area (Å²) in [5.41, 5.74) is 0. The van der Waals surface area contributed by atoms with Crippen LogP contribution in [0.3, 0.4) is 0 Å². The average molecular weight is 352 g/mol. The zero-order valence-electron chi connectivity index (χ0n) is 14.7. The molecule has 0 spiro atoms. The van der Waals surface area contributed by atoms with Gasteiger partial charge in [-0.1, -0.05) is 6.07 Å². The summed E-state index contributed by atoms with van der Waals surface area (Å²) in [5.74, 6) is -1.06. The van der Waals surface area contributed by atoms with Gasteiger partial charge in [-0.3, -0.25) is 14.5 Å². The van der Waals surface area contributed by atoms with Gasteiger partial charge < -0.3 is 14.7 Å². The molecule has 1 heterocycles. The van der Waals surface area contributed by atoms with Gasteiger partial charge in [0.05, 0.1) is 6.54 Å². The Bertz CT molecular complexity index is 610. The minimum atomic E-state index is -0.850. The molecule has 0 aromatic heterocycles. The first-order valence-corrected chi connectivity index (χ1v) is 8.50. The first-order valence-electron chi connectivity index (χ1n) is 8.50. The molecule has 1 aromatic rings. The number of ether oxygens (including phenoxy) is 1. The number of carbonyl (C=O) groups is 2. The highest BCUT2D eigenvalue weighted by Crippen LogP contribution is 2.18. The highest BCUT2D eigenvalue weighted by molar-refractivity contribution is 5.81. The van der Waals surface area contributed by atoms with Crippen LogP contribution in [-0.2, 0) is 9.59 Å². The Balaban J connectivity index is 1.90. The predicted molar refractivity (Wildman–Crippen MR) is 91.0 cm³/mol. The smallest absolute Gasteiger partial charge is 0.317 e.